The molecule has 0 heterocycles. The highest BCUT2D eigenvalue weighted by molar-refractivity contribution is 5.32. The molecule has 0 unspecified atom stereocenters. The Morgan fingerprint density at radius 2 is 2.33 bits per heavy atom. The van der Waals surface area contributed by atoms with Gasteiger partial charge in [0, 0.05) is 0 Å². The molecule has 12 heavy (non-hydrogen) atoms. The van der Waals surface area contributed by atoms with Gasteiger partial charge in [0.15, 0.2) is 6.73 Å². The zero-order valence-electron chi connectivity index (χ0n) is 7.67. The first kappa shape index (κ1) is 10.9. The van der Waals surface area contributed by atoms with Gasteiger partial charge in [-0.25, -0.2) is 4.79 Å². The van der Waals surface area contributed by atoms with Crippen molar-refractivity contribution in [3.8, 4) is 0 Å². The van der Waals surface area contributed by atoms with Crippen LogP contribution in [0.1, 0.15) is 33.1 Å². The van der Waals surface area contributed by atoms with Crippen molar-refractivity contribution >= 4 is 6.08 Å². The molecule has 0 aliphatic rings. The van der Waals surface area contributed by atoms with Gasteiger partial charge in [0.25, 0.3) is 0 Å². The van der Waals surface area contributed by atoms with Gasteiger partial charge in [0.05, 0.1) is 6.26 Å². The molecule has 0 amide bonds. The molecular weight excluding hydrogens is 154 g/mol. The summed E-state index contributed by atoms with van der Waals surface area (Å²) < 4.78 is 4.99. The van der Waals surface area contributed by atoms with Crippen molar-refractivity contribution < 1.29 is 9.53 Å². The smallest absolute Gasteiger partial charge is 0.238 e. The Kier molecular flexibility index (Phi) is 7.30. The van der Waals surface area contributed by atoms with Gasteiger partial charge in [0.2, 0.25) is 6.08 Å². The van der Waals surface area contributed by atoms with E-state index >= 15 is 0 Å². The second-order valence-corrected chi connectivity index (χ2v) is 2.42. The molecule has 68 valence electrons. The van der Waals surface area contributed by atoms with Crippen molar-refractivity contribution in [1.82, 2.24) is 0 Å². The molecule has 0 radical (unpaired) electrons. The molecule has 0 fully saturated rings. The summed E-state index contributed by atoms with van der Waals surface area (Å²) in [6.45, 7) is 4.28. The largest absolute Gasteiger partial charge is 0.478 e. The van der Waals surface area contributed by atoms with Crippen molar-refractivity contribution in [3.63, 3.8) is 0 Å². The second kappa shape index (κ2) is 8.02. The number of allylic oxidation sites excluding steroid dienone is 1. The third-order valence-electron chi connectivity index (χ3n) is 1.48. The highest BCUT2D eigenvalue weighted by Gasteiger charge is 1.91. The van der Waals surface area contributed by atoms with E-state index in [0.717, 1.165) is 19.3 Å². The van der Waals surface area contributed by atoms with Crippen LogP contribution < -0.4 is 0 Å². The number of isocyanates is 1. The van der Waals surface area contributed by atoms with Crippen LogP contribution in [0.15, 0.2) is 16.8 Å². The van der Waals surface area contributed by atoms with E-state index in [0.29, 0.717) is 0 Å². The van der Waals surface area contributed by atoms with Crippen molar-refractivity contribution in [3.05, 3.63) is 11.8 Å². The zero-order chi connectivity index (χ0) is 9.23. The molecule has 0 aromatic carbocycles. The Labute approximate surface area is 73.1 Å². The standard InChI is InChI=1S/C9H15NO2/c1-3-5-9(4-2)6-12-8-10-7-11/h6H,3-5,8H2,1-2H3. The Balaban J connectivity index is 3.68. The van der Waals surface area contributed by atoms with Crippen LogP contribution in [0.25, 0.3) is 0 Å². The maximum Gasteiger partial charge on any atom is 0.238 e. The van der Waals surface area contributed by atoms with Crippen molar-refractivity contribution in [2.75, 3.05) is 6.73 Å². The van der Waals surface area contributed by atoms with Gasteiger partial charge in [0.1, 0.15) is 0 Å². The summed E-state index contributed by atoms with van der Waals surface area (Å²) in [5.74, 6) is 0. The molecule has 0 aliphatic heterocycles. The fraction of sp³-hybridized carbons (Fsp3) is 0.667. The van der Waals surface area contributed by atoms with Crippen molar-refractivity contribution in [2.24, 2.45) is 4.99 Å². The topological polar surface area (TPSA) is 38.7 Å². The minimum Gasteiger partial charge on any atom is -0.478 e. The predicted octanol–water partition coefficient (Wildman–Crippen LogP) is 2.39. The maximum absolute atomic E-state index is 9.65. The van der Waals surface area contributed by atoms with Gasteiger partial charge in [-0.1, -0.05) is 20.3 Å². The number of aliphatic imine (C=N–C) groups is 1. The maximum atomic E-state index is 9.65. The Bertz CT molecular complexity index is 181. The molecular formula is C9H15NO2. The van der Waals surface area contributed by atoms with E-state index in [1.54, 1.807) is 6.26 Å². The monoisotopic (exact) mass is 169 g/mol. The third-order valence-corrected chi connectivity index (χ3v) is 1.48. The molecule has 0 saturated carbocycles. The zero-order valence-corrected chi connectivity index (χ0v) is 7.67. The van der Waals surface area contributed by atoms with E-state index < -0.39 is 0 Å². The first-order valence-corrected chi connectivity index (χ1v) is 4.18. The molecule has 0 aromatic heterocycles. The van der Waals surface area contributed by atoms with E-state index in [1.165, 1.54) is 11.7 Å². The number of carbonyl (C=O) groups excluding carboxylic acids is 1. The fourth-order valence-electron chi connectivity index (χ4n) is 0.859. The van der Waals surface area contributed by atoms with Gasteiger partial charge >= 0.3 is 0 Å². The number of nitrogens with zero attached hydrogens (tertiary/aromatic N) is 1. The molecule has 0 saturated heterocycles. The first-order chi connectivity index (χ1) is 5.85. The highest BCUT2D eigenvalue weighted by Crippen LogP contribution is 2.08. The Hall–Kier alpha value is -1.08. The predicted molar refractivity (Wildman–Crippen MR) is 47.4 cm³/mol. The van der Waals surface area contributed by atoms with E-state index in [-0.39, 0.29) is 6.73 Å². The molecule has 0 rings (SSSR count). The molecule has 0 aromatic rings. The van der Waals surface area contributed by atoms with E-state index in [1.807, 2.05) is 0 Å². The van der Waals surface area contributed by atoms with Gasteiger partial charge < -0.3 is 4.74 Å². The SMILES string of the molecule is CCCC(=COCN=C=O)CC. The lowest BCUT2D eigenvalue weighted by Crippen LogP contribution is -1.86. The Morgan fingerprint density at radius 1 is 1.58 bits per heavy atom. The van der Waals surface area contributed by atoms with Crippen LogP contribution in [-0.4, -0.2) is 12.8 Å². The lowest BCUT2D eigenvalue weighted by Gasteiger charge is -2.01. The van der Waals surface area contributed by atoms with Crippen LogP contribution in [0.4, 0.5) is 0 Å². The summed E-state index contributed by atoms with van der Waals surface area (Å²) in [5, 5.41) is 0. The first-order valence-electron chi connectivity index (χ1n) is 4.18. The van der Waals surface area contributed by atoms with E-state index in [2.05, 4.69) is 18.8 Å². The van der Waals surface area contributed by atoms with Crippen LogP contribution >= 0.6 is 0 Å². The summed E-state index contributed by atoms with van der Waals surface area (Å²) in [7, 11) is 0. The van der Waals surface area contributed by atoms with Crippen LogP contribution in [0.2, 0.25) is 0 Å². The summed E-state index contributed by atoms with van der Waals surface area (Å²) in [5.41, 5.74) is 1.25. The van der Waals surface area contributed by atoms with E-state index in [4.69, 9.17) is 4.74 Å². The lowest BCUT2D eigenvalue weighted by molar-refractivity contribution is 0.256. The van der Waals surface area contributed by atoms with Gasteiger partial charge in [-0.2, -0.15) is 4.99 Å². The van der Waals surface area contributed by atoms with Crippen LogP contribution in [0.5, 0.6) is 0 Å². The molecule has 0 N–H and O–H groups in total. The molecule has 0 bridgehead atoms. The quantitative estimate of drug-likeness (QED) is 0.265. The number of ether oxygens (including phenoxy) is 1. The van der Waals surface area contributed by atoms with Crippen LogP contribution in [-0.2, 0) is 9.53 Å². The summed E-state index contributed by atoms with van der Waals surface area (Å²) in [6.07, 6.45) is 6.24. The Morgan fingerprint density at radius 3 is 2.83 bits per heavy atom. The summed E-state index contributed by atoms with van der Waals surface area (Å²) in [4.78, 5) is 12.9. The lowest BCUT2D eigenvalue weighted by atomic mass is 10.1. The average molecular weight is 169 g/mol. The summed E-state index contributed by atoms with van der Waals surface area (Å²) in [6, 6.07) is 0. The van der Waals surface area contributed by atoms with Crippen molar-refractivity contribution in [2.45, 2.75) is 33.1 Å². The van der Waals surface area contributed by atoms with Crippen LogP contribution in [0, 0.1) is 0 Å². The van der Waals surface area contributed by atoms with Crippen molar-refractivity contribution in [1.29, 1.82) is 0 Å². The highest BCUT2D eigenvalue weighted by atomic mass is 16.5. The van der Waals surface area contributed by atoms with E-state index in [9.17, 15) is 4.79 Å². The van der Waals surface area contributed by atoms with Gasteiger partial charge in [-0.05, 0) is 18.4 Å². The number of hydrogen-bond acceptors (Lipinski definition) is 3. The minimum absolute atomic E-state index is 0.0801. The van der Waals surface area contributed by atoms with Crippen LogP contribution in [0.3, 0.4) is 0 Å². The van der Waals surface area contributed by atoms with Gasteiger partial charge in [-0.3, -0.25) is 0 Å². The second-order valence-electron chi connectivity index (χ2n) is 2.42. The third kappa shape index (κ3) is 5.69. The number of rotatable bonds is 6. The molecule has 0 atom stereocenters. The normalized spacial score (nSPS) is 10.7. The molecule has 0 spiro atoms. The average Bonchev–Trinajstić information content (AvgIpc) is 2.10. The molecule has 3 heteroatoms. The minimum atomic E-state index is 0.0801. The fourth-order valence-corrected chi connectivity index (χ4v) is 0.859. The van der Waals surface area contributed by atoms with Gasteiger partial charge in [-0.15, -0.1) is 0 Å². The summed E-state index contributed by atoms with van der Waals surface area (Å²) >= 11 is 0. The number of hydrogen-bond donors (Lipinski definition) is 0. The molecule has 3 nitrogen and oxygen atoms in total. The molecule has 0 aliphatic carbocycles.